The fourth-order valence-corrected chi connectivity index (χ4v) is 3.29. The van der Waals surface area contributed by atoms with Crippen molar-refractivity contribution in [3.63, 3.8) is 0 Å². The van der Waals surface area contributed by atoms with Crippen LogP contribution in [-0.2, 0) is 11.2 Å². The van der Waals surface area contributed by atoms with Gasteiger partial charge in [-0.1, -0.05) is 60.7 Å². The second-order valence-corrected chi connectivity index (χ2v) is 5.72. The highest BCUT2D eigenvalue weighted by Gasteiger charge is 2.51. The molecule has 2 aromatic carbocycles. The van der Waals surface area contributed by atoms with Crippen LogP contribution in [0.3, 0.4) is 0 Å². The second kappa shape index (κ2) is 6.64. The van der Waals surface area contributed by atoms with Crippen LogP contribution in [-0.4, -0.2) is 34.6 Å². The number of carbonyl (C=O) groups is 1. The van der Waals surface area contributed by atoms with E-state index in [0.29, 0.717) is 0 Å². The fourth-order valence-electron chi connectivity index (χ4n) is 3.29. The number of nitrogens with zero attached hydrogens (tertiary/aromatic N) is 2. The predicted octanol–water partition coefficient (Wildman–Crippen LogP) is 2.11. The van der Waals surface area contributed by atoms with Crippen molar-refractivity contribution in [3.05, 3.63) is 71.8 Å². The first kappa shape index (κ1) is 15.3. The molecule has 23 heavy (non-hydrogen) atoms. The number of nitriles is 1. The summed E-state index contributed by atoms with van der Waals surface area (Å²) in [5.74, 6) is -0.250. The highest BCUT2D eigenvalue weighted by atomic mass is 16.3. The van der Waals surface area contributed by atoms with E-state index in [1.165, 1.54) is 4.90 Å². The smallest absolute Gasteiger partial charge is 0.228 e. The van der Waals surface area contributed by atoms with E-state index < -0.39 is 6.04 Å². The summed E-state index contributed by atoms with van der Waals surface area (Å²) in [5.41, 5.74) is 1.90. The Kier molecular flexibility index (Phi) is 4.40. The van der Waals surface area contributed by atoms with Crippen LogP contribution < -0.4 is 0 Å². The van der Waals surface area contributed by atoms with Crippen LogP contribution in [0, 0.1) is 11.3 Å². The number of hydrogen-bond donors (Lipinski definition) is 1. The molecule has 3 atom stereocenters. The van der Waals surface area contributed by atoms with Crippen LogP contribution >= 0.6 is 0 Å². The molecule has 1 N–H and O–H groups in total. The van der Waals surface area contributed by atoms with Gasteiger partial charge in [-0.05, 0) is 11.1 Å². The van der Waals surface area contributed by atoms with E-state index in [1.807, 2.05) is 60.7 Å². The van der Waals surface area contributed by atoms with Crippen LogP contribution in [0.4, 0.5) is 0 Å². The third-order valence-electron chi connectivity index (χ3n) is 4.40. The maximum Gasteiger partial charge on any atom is 0.228 e. The van der Waals surface area contributed by atoms with Gasteiger partial charge in [0.2, 0.25) is 5.91 Å². The van der Waals surface area contributed by atoms with Gasteiger partial charge < -0.3 is 10.0 Å². The van der Waals surface area contributed by atoms with Crippen LogP contribution in [0.25, 0.3) is 0 Å². The summed E-state index contributed by atoms with van der Waals surface area (Å²) in [6, 6.07) is 20.4. The monoisotopic (exact) mass is 306 g/mol. The Morgan fingerprint density at radius 2 is 1.70 bits per heavy atom. The lowest BCUT2D eigenvalue weighted by atomic mass is 9.75. The Hall–Kier alpha value is -2.64. The molecule has 0 saturated carbocycles. The number of carbonyl (C=O) groups excluding carboxylic acids is 1. The van der Waals surface area contributed by atoms with E-state index in [1.54, 1.807) is 0 Å². The lowest BCUT2D eigenvalue weighted by Crippen LogP contribution is -2.65. The van der Waals surface area contributed by atoms with Crippen LogP contribution in [0.2, 0.25) is 0 Å². The van der Waals surface area contributed by atoms with Crippen molar-refractivity contribution in [2.45, 2.75) is 24.4 Å². The summed E-state index contributed by atoms with van der Waals surface area (Å²) >= 11 is 0. The lowest BCUT2D eigenvalue weighted by Gasteiger charge is -2.51. The molecular weight excluding hydrogens is 288 g/mol. The van der Waals surface area contributed by atoms with E-state index in [9.17, 15) is 15.2 Å². The Balaban J connectivity index is 1.80. The first-order chi connectivity index (χ1) is 11.3. The van der Waals surface area contributed by atoms with Gasteiger partial charge in [-0.2, -0.15) is 5.26 Å². The van der Waals surface area contributed by atoms with Crippen molar-refractivity contribution in [1.82, 2.24) is 4.90 Å². The zero-order chi connectivity index (χ0) is 16.2. The van der Waals surface area contributed by atoms with Gasteiger partial charge in [0.05, 0.1) is 25.1 Å². The molecule has 4 nitrogen and oxygen atoms in total. The topological polar surface area (TPSA) is 64.3 Å². The highest BCUT2D eigenvalue weighted by Crippen LogP contribution is 2.40. The summed E-state index contributed by atoms with van der Waals surface area (Å²) in [6.07, 6.45) is 0.247. The number of rotatable bonds is 4. The first-order valence-electron chi connectivity index (χ1n) is 7.66. The number of amides is 1. The molecule has 1 amide bonds. The number of hydrogen-bond acceptors (Lipinski definition) is 3. The number of aliphatic hydroxyl groups excluding tert-OH is 1. The SMILES string of the molecule is N#C[C@H]1[C@@H](c2ccccc2)[C@@H](CO)N1C(=O)Cc1ccccc1. The Morgan fingerprint density at radius 1 is 1.09 bits per heavy atom. The van der Waals surface area contributed by atoms with Crippen LogP contribution in [0.1, 0.15) is 17.0 Å². The lowest BCUT2D eigenvalue weighted by molar-refractivity contribution is -0.146. The van der Waals surface area contributed by atoms with Gasteiger partial charge in [0.15, 0.2) is 0 Å². The standard InChI is InChI=1S/C19H18N2O2/c20-12-16-19(15-9-5-2-6-10-15)17(13-22)21(16)18(23)11-14-7-3-1-4-8-14/h1-10,16-17,19,22H,11,13H2/t16-,17+,19+/m0/s1. The molecule has 4 heteroatoms. The molecule has 1 saturated heterocycles. The molecule has 1 aliphatic heterocycles. The molecule has 0 radical (unpaired) electrons. The summed E-state index contributed by atoms with van der Waals surface area (Å²) in [7, 11) is 0. The number of likely N-dealkylation sites (tertiary alicyclic amines) is 1. The summed E-state index contributed by atoms with van der Waals surface area (Å²) in [5, 5.41) is 19.2. The molecule has 3 rings (SSSR count). The first-order valence-corrected chi connectivity index (χ1v) is 7.66. The van der Waals surface area contributed by atoms with Crippen molar-refractivity contribution in [2.24, 2.45) is 0 Å². The van der Waals surface area contributed by atoms with E-state index in [4.69, 9.17) is 0 Å². The third-order valence-corrected chi connectivity index (χ3v) is 4.40. The molecule has 1 aliphatic rings. The molecule has 1 heterocycles. The minimum atomic E-state index is -0.522. The Bertz CT molecular complexity index is 709. The van der Waals surface area contributed by atoms with Gasteiger partial charge in [-0.15, -0.1) is 0 Å². The molecule has 0 bridgehead atoms. The van der Waals surface area contributed by atoms with E-state index in [-0.39, 0.29) is 30.9 Å². The second-order valence-electron chi connectivity index (χ2n) is 5.72. The normalized spacial score (nSPS) is 23.0. The zero-order valence-corrected chi connectivity index (χ0v) is 12.7. The van der Waals surface area contributed by atoms with E-state index >= 15 is 0 Å². The van der Waals surface area contributed by atoms with Crippen molar-refractivity contribution >= 4 is 5.91 Å². The highest BCUT2D eigenvalue weighted by molar-refractivity contribution is 5.81. The van der Waals surface area contributed by atoms with Gasteiger partial charge in [0, 0.05) is 5.92 Å². The minimum absolute atomic E-state index is 0.117. The summed E-state index contributed by atoms with van der Waals surface area (Å²) < 4.78 is 0. The van der Waals surface area contributed by atoms with Gasteiger partial charge in [-0.3, -0.25) is 4.79 Å². The molecule has 0 spiro atoms. The molecule has 0 aliphatic carbocycles. The minimum Gasteiger partial charge on any atom is -0.394 e. The van der Waals surface area contributed by atoms with Crippen molar-refractivity contribution in [3.8, 4) is 6.07 Å². The van der Waals surface area contributed by atoms with Crippen molar-refractivity contribution < 1.29 is 9.90 Å². The quantitative estimate of drug-likeness (QED) is 0.941. The molecule has 0 aromatic heterocycles. The molecule has 116 valence electrons. The van der Waals surface area contributed by atoms with Gasteiger partial charge in [-0.25, -0.2) is 0 Å². The summed E-state index contributed by atoms with van der Waals surface area (Å²) in [4.78, 5) is 14.1. The van der Waals surface area contributed by atoms with E-state index in [0.717, 1.165) is 11.1 Å². The number of aliphatic hydroxyl groups is 1. The van der Waals surface area contributed by atoms with Crippen molar-refractivity contribution in [1.29, 1.82) is 5.26 Å². The van der Waals surface area contributed by atoms with Gasteiger partial charge in [0.1, 0.15) is 6.04 Å². The molecule has 2 aromatic rings. The average Bonchev–Trinajstić information content (AvgIpc) is 2.56. The summed E-state index contributed by atoms with van der Waals surface area (Å²) in [6.45, 7) is -0.141. The van der Waals surface area contributed by atoms with Crippen molar-refractivity contribution in [2.75, 3.05) is 6.61 Å². The maximum absolute atomic E-state index is 12.6. The van der Waals surface area contributed by atoms with E-state index in [2.05, 4.69) is 6.07 Å². The third kappa shape index (κ3) is 2.84. The van der Waals surface area contributed by atoms with Crippen LogP contribution in [0.5, 0.6) is 0 Å². The Morgan fingerprint density at radius 3 is 2.26 bits per heavy atom. The number of benzene rings is 2. The van der Waals surface area contributed by atoms with Gasteiger partial charge >= 0.3 is 0 Å². The molecular formula is C19H18N2O2. The molecule has 1 fully saturated rings. The Labute approximate surface area is 135 Å². The maximum atomic E-state index is 12.6. The largest absolute Gasteiger partial charge is 0.394 e. The van der Waals surface area contributed by atoms with Gasteiger partial charge in [0.25, 0.3) is 0 Å². The molecule has 0 unspecified atom stereocenters. The fraction of sp³-hybridized carbons (Fsp3) is 0.263. The zero-order valence-electron chi connectivity index (χ0n) is 12.7. The predicted molar refractivity (Wildman–Crippen MR) is 86.4 cm³/mol. The average molecular weight is 306 g/mol. The van der Waals surface area contributed by atoms with Crippen LogP contribution in [0.15, 0.2) is 60.7 Å².